The number of ether oxygens (including phenoxy) is 1. The third-order valence-electron chi connectivity index (χ3n) is 5.42. The van der Waals surface area contributed by atoms with Crippen LogP contribution in [0.5, 0.6) is 0 Å². The van der Waals surface area contributed by atoms with Crippen LogP contribution in [0.25, 0.3) is 17.2 Å². The predicted octanol–water partition coefficient (Wildman–Crippen LogP) is 2.09. The van der Waals surface area contributed by atoms with E-state index in [4.69, 9.17) is 22.1 Å². The largest absolute Gasteiger partial charge is 0.379 e. The summed E-state index contributed by atoms with van der Waals surface area (Å²) >= 11 is 6.46. The monoisotopic (exact) mass is 411 g/mol. The van der Waals surface area contributed by atoms with E-state index in [0.29, 0.717) is 22.7 Å². The molecule has 0 atom stereocenters. The highest BCUT2D eigenvalue weighted by atomic mass is 35.5. The molecule has 2 fully saturated rings. The Morgan fingerprint density at radius 3 is 2.69 bits per heavy atom. The Bertz CT molecular complexity index is 997. The predicted molar refractivity (Wildman–Crippen MR) is 112 cm³/mol. The number of morpholine rings is 1. The second-order valence-electron chi connectivity index (χ2n) is 7.30. The highest BCUT2D eigenvalue weighted by Gasteiger charge is 2.33. The minimum Gasteiger partial charge on any atom is -0.379 e. The van der Waals surface area contributed by atoms with Crippen molar-refractivity contribution in [2.75, 3.05) is 50.0 Å². The molecule has 150 valence electrons. The van der Waals surface area contributed by atoms with Crippen molar-refractivity contribution in [1.82, 2.24) is 24.6 Å². The first-order valence-electron chi connectivity index (χ1n) is 9.69. The lowest BCUT2D eigenvalue weighted by Gasteiger charge is -2.47. The summed E-state index contributed by atoms with van der Waals surface area (Å²) in [5, 5.41) is 4.97. The molecule has 5 rings (SSSR count). The Morgan fingerprint density at radius 1 is 1.10 bits per heavy atom. The number of pyridine rings is 1. The van der Waals surface area contributed by atoms with Gasteiger partial charge in [0.2, 0.25) is 5.95 Å². The van der Waals surface area contributed by atoms with E-state index in [1.54, 1.807) is 10.9 Å². The normalized spacial score (nSPS) is 18.0. The van der Waals surface area contributed by atoms with Crippen LogP contribution in [-0.2, 0) is 4.74 Å². The number of aromatic nitrogens is 4. The Balaban J connectivity index is 1.41. The molecule has 2 saturated heterocycles. The Kier molecular flexibility index (Phi) is 4.83. The average Bonchev–Trinajstić information content (AvgIpc) is 3.10. The quantitative estimate of drug-likeness (QED) is 0.703. The van der Waals surface area contributed by atoms with Gasteiger partial charge < -0.3 is 15.4 Å². The Hall–Kier alpha value is -2.68. The lowest BCUT2D eigenvalue weighted by Crippen LogP contribution is -2.61. The Labute approximate surface area is 173 Å². The molecule has 3 aromatic rings. The lowest BCUT2D eigenvalue weighted by atomic mass is 10.0. The second-order valence-corrected chi connectivity index (χ2v) is 7.74. The number of anilines is 2. The molecule has 0 amide bonds. The molecular weight excluding hydrogens is 390 g/mol. The van der Waals surface area contributed by atoms with Gasteiger partial charge in [0.05, 0.1) is 13.2 Å². The molecule has 0 spiro atoms. The molecule has 2 aliphatic rings. The van der Waals surface area contributed by atoms with Crippen LogP contribution in [0.1, 0.15) is 0 Å². The van der Waals surface area contributed by atoms with Crippen molar-refractivity contribution in [1.29, 1.82) is 0 Å². The number of nitrogens with two attached hydrogens (primary N) is 1. The molecule has 2 N–H and O–H groups in total. The molecular formula is C20H22ClN7O. The van der Waals surface area contributed by atoms with Crippen LogP contribution in [0.2, 0.25) is 5.02 Å². The first-order valence-corrected chi connectivity index (χ1v) is 10.1. The number of nitrogen functional groups attached to an aromatic ring is 1. The van der Waals surface area contributed by atoms with E-state index in [-0.39, 0.29) is 5.95 Å². The van der Waals surface area contributed by atoms with E-state index in [9.17, 15) is 0 Å². The lowest BCUT2D eigenvalue weighted by molar-refractivity contribution is 0.0105. The van der Waals surface area contributed by atoms with Gasteiger partial charge in [0, 0.05) is 54.7 Å². The van der Waals surface area contributed by atoms with Gasteiger partial charge in [0.25, 0.3) is 0 Å². The SMILES string of the molecule is Nc1nc(-c2cc(Cl)cc(N3CC(N4CCOCC4)C3)c2)n(-c2ccccn2)n1. The molecule has 4 heterocycles. The van der Waals surface area contributed by atoms with Gasteiger partial charge in [-0.15, -0.1) is 5.10 Å². The first-order chi connectivity index (χ1) is 14.2. The van der Waals surface area contributed by atoms with Gasteiger partial charge in [0.15, 0.2) is 11.6 Å². The summed E-state index contributed by atoms with van der Waals surface area (Å²) in [4.78, 5) is 13.6. The topological polar surface area (TPSA) is 85.3 Å². The molecule has 8 nitrogen and oxygen atoms in total. The van der Waals surface area contributed by atoms with Gasteiger partial charge >= 0.3 is 0 Å². The summed E-state index contributed by atoms with van der Waals surface area (Å²) in [7, 11) is 0. The summed E-state index contributed by atoms with van der Waals surface area (Å²) in [6.45, 7) is 5.62. The first kappa shape index (κ1) is 18.4. The molecule has 0 radical (unpaired) electrons. The van der Waals surface area contributed by atoms with Crippen molar-refractivity contribution in [3.05, 3.63) is 47.6 Å². The number of hydrogen-bond acceptors (Lipinski definition) is 7. The van der Waals surface area contributed by atoms with Gasteiger partial charge in [-0.1, -0.05) is 17.7 Å². The van der Waals surface area contributed by atoms with Gasteiger partial charge in [-0.3, -0.25) is 4.90 Å². The van der Waals surface area contributed by atoms with E-state index in [1.807, 2.05) is 30.3 Å². The van der Waals surface area contributed by atoms with Crippen LogP contribution in [0.3, 0.4) is 0 Å². The molecule has 1 aromatic carbocycles. The molecule has 0 unspecified atom stereocenters. The van der Waals surface area contributed by atoms with Gasteiger partial charge in [-0.25, -0.2) is 4.98 Å². The number of rotatable bonds is 4. The summed E-state index contributed by atoms with van der Waals surface area (Å²) in [6, 6.07) is 12.2. The number of halogens is 1. The smallest absolute Gasteiger partial charge is 0.240 e. The van der Waals surface area contributed by atoms with Crippen molar-refractivity contribution in [2.24, 2.45) is 0 Å². The summed E-state index contributed by atoms with van der Waals surface area (Å²) in [5.74, 6) is 1.48. The van der Waals surface area contributed by atoms with Crippen molar-refractivity contribution in [2.45, 2.75) is 6.04 Å². The van der Waals surface area contributed by atoms with E-state index in [0.717, 1.165) is 50.6 Å². The average molecular weight is 412 g/mol. The summed E-state index contributed by atoms with van der Waals surface area (Å²) < 4.78 is 7.11. The van der Waals surface area contributed by atoms with E-state index < -0.39 is 0 Å². The Morgan fingerprint density at radius 2 is 1.93 bits per heavy atom. The minimum absolute atomic E-state index is 0.198. The fourth-order valence-corrected chi connectivity index (χ4v) is 4.11. The molecule has 0 aliphatic carbocycles. The zero-order valence-corrected chi connectivity index (χ0v) is 16.7. The van der Waals surface area contributed by atoms with Gasteiger partial charge in [-0.2, -0.15) is 9.67 Å². The zero-order valence-electron chi connectivity index (χ0n) is 15.9. The standard InChI is InChI=1S/C20H22ClN7O/c21-15-9-14(19-24-20(22)25-28(19)18-3-1-2-4-23-18)10-16(11-15)27-12-17(13-27)26-5-7-29-8-6-26/h1-4,9-11,17H,5-8,12-13H2,(H2,22,25). The molecule has 9 heteroatoms. The highest BCUT2D eigenvalue weighted by Crippen LogP contribution is 2.32. The summed E-state index contributed by atoms with van der Waals surface area (Å²) in [5.41, 5.74) is 7.83. The molecule has 0 saturated carbocycles. The fraction of sp³-hybridized carbons (Fsp3) is 0.350. The van der Waals surface area contributed by atoms with Crippen LogP contribution in [0.4, 0.5) is 11.6 Å². The minimum atomic E-state index is 0.198. The van der Waals surface area contributed by atoms with Crippen LogP contribution >= 0.6 is 11.6 Å². The van der Waals surface area contributed by atoms with Crippen LogP contribution in [0, 0.1) is 0 Å². The number of hydrogen-bond donors (Lipinski definition) is 1. The van der Waals surface area contributed by atoms with Gasteiger partial charge in [-0.05, 0) is 30.3 Å². The zero-order chi connectivity index (χ0) is 19.8. The van der Waals surface area contributed by atoms with Crippen LogP contribution < -0.4 is 10.6 Å². The number of nitrogens with zero attached hydrogens (tertiary/aromatic N) is 6. The van der Waals surface area contributed by atoms with Crippen molar-refractivity contribution in [3.63, 3.8) is 0 Å². The third kappa shape index (κ3) is 3.66. The molecule has 2 aromatic heterocycles. The molecule has 2 aliphatic heterocycles. The molecule has 29 heavy (non-hydrogen) atoms. The van der Waals surface area contributed by atoms with Crippen molar-refractivity contribution in [3.8, 4) is 17.2 Å². The second kappa shape index (κ2) is 7.62. The van der Waals surface area contributed by atoms with Crippen molar-refractivity contribution < 1.29 is 4.74 Å². The van der Waals surface area contributed by atoms with E-state index in [1.165, 1.54) is 0 Å². The fourth-order valence-electron chi connectivity index (χ4n) is 3.88. The maximum Gasteiger partial charge on any atom is 0.240 e. The highest BCUT2D eigenvalue weighted by molar-refractivity contribution is 6.31. The van der Waals surface area contributed by atoms with Gasteiger partial charge in [0.1, 0.15) is 0 Å². The summed E-state index contributed by atoms with van der Waals surface area (Å²) in [6.07, 6.45) is 1.71. The maximum absolute atomic E-state index is 6.46. The third-order valence-corrected chi connectivity index (χ3v) is 5.64. The maximum atomic E-state index is 6.46. The number of benzene rings is 1. The van der Waals surface area contributed by atoms with Crippen LogP contribution in [0.15, 0.2) is 42.6 Å². The van der Waals surface area contributed by atoms with Crippen molar-refractivity contribution >= 4 is 23.2 Å². The van der Waals surface area contributed by atoms with E-state index in [2.05, 4.69) is 30.9 Å². The van der Waals surface area contributed by atoms with Crippen LogP contribution in [-0.4, -0.2) is 70.1 Å². The van der Waals surface area contributed by atoms with E-state index >= 15 is 0 Å². The molecule has 0 bridgehead atoms.